The van der Waals surface area contributed by atoms with E-state index in [1.807, 2.05) is 19.1 Å². The second-order valence-electron chi connectivity index (χ2n) is 10.3. The maximum absolute atomic E-state index is 10.9. The SMILES string of the molecule is C[C@]1(COc2ccc(CN3CCC(Oc4cccc5ccccc45)CC3)cc2)Cn2cc([N+](=O)[O-])nc2O1. The number of rotatable bonds is 8. The number of benzene rings is 3. The smallest absolute Gasteiger partial charge is 0.415 e. The first-order chi connectivity index (χ1) is 18.4. The van der Waals surface area contributed by atoms with Crippen molar-refractivity contribution in [3.63, 3.8) is 0 Å². The largest absolute Gasteiger partial charge is 0.490 e. The summed E-state index contributed by atoms with van der Waals surface area (Å²) in [5.74, 6) is 1.52. The molecular formula is C29H30N4O5. The van der Waals surface area contributed by atoms with Gasteiger partial charge in [0.1, 0.15) is 30.4 Å². The Hall–Kier alpha value is -4.11. The molecule has 2 aliphatic rings. The van der Waals surface area contributed by atoms with Crippen LogP contribution in [0.4, 0.5) is 5.82 Å². The van der Waals surface area contributed by atoms with Crippen molar-refractivity contribution in [1.29, 1.82) is 0 Å². The topological polar surface area (TPSA) is 91.9 Å². The summed E-state index contributed by atoms with van der Waals surface area (Å²) in [6.45, 7) is 5.55. The van der Waals surface area contributed by atoms with Crippen LogP contribution in [0.15, 0.2) is 72.9 Å². The molecule has 0 saturated carbocycles. The zero-order valence-corrected chi connectivity index (χ0v) is 21.3. The van der Waals surface area contributed by atoms with Crippen LogP contribution in [0.1, 0.15) is 25.3 Å². The van der Waals surface area contributed by atoms with Crippen LogP contribution in [0, 0.1) is 10.1 Å². The van der Waals surface area contributed by atoms with Crippen molar-refractivity contribution in [3.05, 3.63) is 88.6 Å². The first kappa shape index (κ1) is 24.2. The van der Waals surface area contributed by atoms with E-state index in [0.717, 1.165) is 44.0 Å². The number of aromatic nitrogens is 2. The molecule has 4 aromatic rings. The van der Waals surface area contributed by atoms with Crippen LogP contribution in [-0.4, -0.2) is 50.8 Å². The van der Waals surface area contributed by atoms with Crippen molar-refractivity contribution in [2.24, 2.45) is 0 Å². The number of likely N-dealkylation sites (tertiary alicyclic amines) is 1. The van der Waals surface area contributed by atoms with Gasteiger partial charge in [0.2, 0.25) is 0 Å². The van der Waals surface area contributed by atoms with Gasteiger partial charge in [-0.25, -0.2) is 0 Å². The molecule has 1 atom stereocenters. The maximum atomic E-state index is 10.9. The molecule has 6 rings (SSSR count). The van der Waals surface area contributed by atoms with Crippen LogP contribution < -0.4 is 14.2 Å². The quantitative estimate of drug-likeness (QED) is 0.235. The lowest BCUT2D eigenvalue weighted by atomic mass is 10.1. The predicted octanol–water partition coefficient (Wildman–Crippen LogP) is 5.22. The number of hydrogen-bond acceptors (Lipinski definition) is 7. The van der Waals surface area contributed by atoms with Gasteiger partial charge in [-0.2, -0.15) is 0 Å². The molecule has 196 valence electrons. The minimum Gasteiger partial charge on any atom is -0.490 e. The van der Waals surface area contributed by atoms with Crippen molar-refractivity contribution in [2.75, 3.05) is 19.7 Å². The van der Waals surface area contributed by atoms with E-state index >= 15 is 0 Å². The minimum absolute atomic E-state index is 0.208. The molecule has 0 N–H and O–H groups in total. The molecule has 0 amide bonds. The van der Waals surface area contributed by atoms with Gasteiger partial charge in [-0.3, -0.25) is 9.47 Å². The van der Waals surface area contributed by atoms with Gasteiger partial charge in [-0.15, -0.1) is 0 Å². The summed E-state index contributed by atoms with van der Waals surface area (Å²) in [5.41, 5.74) is 0.607. The fraction of sp³-hybridized carbons (Fsp3) is 0.345. The molecule has 9 nitrogen and oxygen atoms in total. The van der Waals surface area contributed by atoms with E-state index in [1.165, 1.54) is 22.5 Å². The van der Waals surface area contributed by atoms with Crippen LogP contribution in [0.3, 0.4) is 0 Å². The van der Waals surface area contributed by atoms with Gasteiger partial charge in [0, 0.05) is 30.0 Å². The molecule has 3 aromatic carbocycles. The first-order valence-corrected chi connectivity index (χ1v) is 12.9. The average molecular weight is 515 g/mol. The van der Waals surface area contributed by atoms with Gasteiger partial charge in [0.05, 0.1) is 6.54 Å². The van der Waals surface area contributed by atoms with Crippen LogP contribution in [0.5, 0.6) is 17.5 Å². The Bertz CT molecular complexity index is 1410. The van der Waals surface area contributed by atoms with E-state index < -0.39 is 10.5 Å². The lowest BCUT2D eigenvalue weighted by Gasteiger charge is -2.32. The van der Waals surface area contributed by atoms with E-state index in [9.17, 15) is 10.1 Å². The zero-order valence-electron chi connectivity index (χ0n) is 21.3. The highest BCUT2D eigenvalue weighted by Crippen LogP contribution is 2.32. The van der Waals surface area contributed by atoms with E-state index in [1.54, 1.807) is 4.57 Å². The van der Waals surface area contributed by atoms with E-state index in [2.05, 4.69) is 64.5 Å². The molecule has 0 aliphatic carbocycles. The lowest BCUT2D eigenvalue weighted by Crippen LogP contribution is -2.38. The highest BCUT2D eigenvalue weighted by molar-refractivity contribution is 5.88. The lowest BCUT2D eigenvalue weighted by molar-refractivity contribution is -0.389. The Kier molecular flexibility index (Phi) is 6.37. The zero-order chi connectivity index (χ0) is 26.1. The van der Waals surface area contributed by atoms with E-state index in [0.29, 0.717) is 13.2 Å². The van der Waals surface area contributed by atoms with Crippen LogP contribution in [0.2, 0.25) is 0 Å². The highest BCUT2D eigenvalue weighted by atomic mass is 16.6. The summed E-state index contributed by atoms with van der Waals surface area (Å²) in [4.78, 5) is 16.8. The monoisotopic (exact) mass is 514 g/mol. The number of ether oxygens (including phenoxy) is 3. The average Bonchev–Trinajstić information content (AvgIpc) is 3.45. The van der Waals surface area contributed by atoms with Gasteiger partial charge in [0.25, 0.3) is 0 Å². The van der Waals surface area contributed by atoms with E-state index in [-0.39, 0.29) is 17.9 Å². The van der Waals surface area contributed by atoms with Crippen molar-refractivity contribution < 1.29 is 19.1 Å². The molecule has 1 saturated heterocycles. The van der Waals surface area contributed by atoms with Crippen LogP contribution in [0.25, 0.3) is 10.8 Å². The third-order valence-electron chi connectivity index (χ3n) is 7.21. The third kappa shape index (κ3) is 5.15. The Morgan fingerprint density at radius 1 is 1.08 bits per heavy atom. The van der Waals surface area contributed by atoms with Gasteiger partial charge in [0.15, 0.2) is 5.60 Å². The summed E-state index contributed by atoms with van der Waals surface area (Å²) >= 11 is 0. The molecule has 1 fully saturated rings. The van der Waals surface area contributed by atoms with Crippen molar-refractivity contribution in [3.8, 4) is 17.5 Å². The first-order valence-electron chi connectivity index (χ1n) is 12.9. The van der Waals surface area contributed by atoms with Gasteiger partial charge in [-0.05, 0) is 53.8 Å². The third-order valence-corrected chi connectivity index (χ3v) is 7.21. The van der Waals surface area contributed by atoms with Crippen LogP contribution >= 0.6 is 0 Å². The molecule has 0 bridgehead atoms. The number of piperidine rings is 1. The molecular weight excluding hydrogens is 484 g/mol. The summed E-state index contributed by atoms with van der Waals surface area (Å²) in [6, 6.07) is 23.0. The summed E-state index contributed by atoms with van der Waals surface area (Å²) in [6.07, 6.45) is 3.64. The molecule has 3 heterocycles. The molecule has 38 heavy (non-hydrogen) atoms. The minimum atomic E-state index is -0.630. The van der Waals surface area contributed by atoms with Gasteiger partial charge < -0.3 is 24.3 Å². The molecule has 2 aliphatic heterocycles. The van der Waals surface area contributed by atoms with Crippen molar-refractivity contribution in [1.82, 2.24) is 14.5 Å². The molecule has 0 unspecified atom stereocenters. The van der Waals surface area contributed by atoms with Gasteiger partial charge in [-0.1, -0.05) is 48.5 Å². The molecule has 9 heteroatoms. The number of nitrogens with zero attached hydrogens (tertiary/aromatic N) is 4. The highest BCUT2D eigenvalue weighted by Gasteiger charge is 2.41. The normalized spacial score (nSPS) is 19.7. The molecule has 0 radical (unpaired) electrons. The Morgan fingerprint density at radius 2 is 1.84 bits per heavy atom. The number of hydrogen-bond donors (Lipinski definition) is 0. The number of fused-ring (bicyclic) bond motifs is 2. The summed E-state index contributed by atoms with van der Waals surface area (Å²) < 4.78 is 19.9. The van der Waals surface area contributed by atoms with E-state index in [4.69, 9.17) is 14.2 Å². The molecule has 0 spiro atoms. The van der Waals surface area contributed by atoms with Crippen LogP contribution in [-0.2, 0) is 13.1 Å². The van der Waals surface area contributed by atoms with Crippen molar-refractivity contribution in [2.45, 2.75) is 44.6 Å². The standard InChI is InChI=1S/C29H30N4O5/c1-29(19-32-18-27(33(34)35)30-28(32)38-29)20-36-23-11-9-21(10-12-23)17-31-15-13-24(14-16-31)37-26-8-4-6-22-5-2-3-7-25(22)26/h2-12,18,24H,13-17,19-20H2,1H3/t29-/m1/s1. The fourth-order valence-corrected chi connectivity index (χ4v) is 5.21. The van der Waals surface area contributed by atoms with Gasteiger partial charge >= 0.3 is 11.8 Å². The number of imidazole rings is 1. The fourth-order valence-electron chi connectivity index (χ4n) is 5.21. The predicted molar refractivity (Wildman–Crippen MR) is 143 cm³/mol. The second-order valence-corrected chi connectivity index (χ2v) is 10.3. The Balaban J connectivity index is 0.971. The second kappa shape index (κ2) is 9.98. The maximum Gasteiger partial charge on any atom is 0.415 e. The number of nitro groups is 1. The molecule has 1 aromatic heterocycles. The Labute approximate surface area is 220 Å². The van der Waals surface area contributed by atoms with Crippen molar-refractivity contribution >= 4 is 16.6 Å². The Morgan fingerprint density at radius 3 is 2.61 bits per heavy atom. The summed E-state index contributed by atoms with van der Waals surface area (Å²) in [5, 5.41) is 13.3. The summed E-state index contributed by atoms with van der Waals surface area (Å²) in [7, 11) is 0.